The van der Waals surface area contributed by atoms with Crippen LogP contribution < -0.4 is 10.5 Å². The van der Waals surface area contributed by atoms with E-state index in [4.69, 9.17) is 5.14 Å². The molecule has 4 nitrogen and oxygen atoms in total. The summed E-state index contributed by atoms with van der Waals surface area (Å²) in [5, 5.41) is 10.7. The number of hydrogen-bond donors (Lipinski definition) is 2. The van der Waals surface area contributed by atoms with Crippen LogP contribution in [0.25, 0.3) is 0 Å². The fraction of sp³-hybridized carbons (Fsp3) is 0.333. The molecule has 0 saturated heterocycles. The van der Waals surface area contributed by atoms with E-state index in [-0.39, 0.29) is 10.9 Å². The lowest BCUT2D eigenvalue weighted by Gasteiger charge is -2.23. The molecule has 21 heavy (non-hydrogen) atoms. The van der Waals surface area contributed by atoms with E-state index < -0.39 is 10.0 Å². The standard InChI is InChI=1S/C15H20N2O2S2/c1-10(2)15(13-5-4-8-20-13)17-12-7-6-11(3)14(9-12)21(16,18)19/h4-10,15,17H,1-3H3,(H2,16,18,19). The molecular weight excluding hydrogens is 304 g/mol. The maximum absolute atomic E-state index is 11.6. The molecule has 1 heterocycles. The Hall–Kier alpha value is -1.37. The number of benzene rings is 1. The molecule has 0 aliphatic rings. The summed E-state index contributed by atoms with van der Waals surface area (Å²) in [6.45, 7) is 6.00. The summed E-state index contributed by atoms with van der Waals surface area (Å²) < 4.78 is 23.2. The lowest BCUT2D eigenvalue weighted by Crippen LogP contribution is -2.17. The van der Waals surface area contributed by atoms with Gasteiger partial charge in [0.2, 0.25) is 10.0 Å². The first-order chi connectivity index (χ1) is 9.79. The first-order valence-electron chi connectivity index (χ1n) is 6.72. The number of primary sulfonamides is 1. The van der Waals surface area contributed by atoms with Gasteiger partial charge in [0.05, 0.1) is 10.9 Å². The minimum absolute atomic E-state index is 0.140. The Morgan fingerprint density at radius 2 is 1.95 bits per heavy atom. The highest BCUT2D eigenvalue weighted by molar-refractivity contribution is 7.89. The summed E-state index contributed by atoms with van der Waals surface area (Å²) in [5.41, 5.74) is 1.41. The maximum Gasteiger partial charge on any atom is 0.238 e. The molecule has 0 aliphatic heterocycles. The molecule has 6 heteroatoms. The zero-order chi connectivity index (χ0) is 15.6. The number of rotatable bonds is 5. The minimum atomic E-state index is -3.70. The van der Waals surface area contributed by atoms with Gasteiger partial charge >= 0.3 is 0 Å². The summed E-state index contributed by atoms with van der Waals surface area (Å²) in [5.74, 6) is 0.378. The second-order valence-corrected chi connectivity index (χ2v) is 7.92. The van der Waals surface area contributed by atoms with Crippen molar-refractivity contribution in [2.24, 2.45) is 11.1 Å². The Bertz CT molecular complexity index is 707. The molecule has 0 radical (unpaired) electrons. The lowest BCUT2D eigenvalue weighted by molar-refractivity contribution is 0.553. The van der Waals surface area contributed by atoms with Crippen molar-refractivity contribution < 1.29 is 8.42 Å². The molecule has 2 aromatic rings. The fourth-order valence-corrected chi connectivity index (χ4v) is 3.97. The smallest absolute Gasteiger partial charge is 0.238 e. The van der Waals surface area contributed by atoms with Gasteiger partial charge in [-0.1, -0.05) is 26.0 Å². The number of nitrogens with two attached hydrogens (primary N) is 1. The summed E-state index contributed by atoms with van der Waals surface area (Å²) >= 11 is 1.69. The van der Waals surface area contributed by atoms with Crippen molar-refractivity contribution in [3.8, 4) is 0 Å². The first-order valence-corrected chi connectivity index (χ1v) is 9.15. The number of hydrogen-bond acceptors (Lipinski definition) is 4. The molecule has 1 aromatic heterocycles. The highest BCUT2D eigenvalue weighted by atomic mass is 32.2. The number of aryl methyl sites for hydroxylation is 1. The molecule has 0 aliphatic carbocycles. The third-order valence-electron chi connectivity index (χ3n) is 3.33. The van der Waals surface area contributed by atoms with Gasteiger partial charge in [-0.25, -0.2) is 13.6 Å². The molecule has 0 saturated carbocycles. The van der Waals surface area contributed by atoms with E-state index in [0.29, 0.717) is 11.5 Å². The molecule has 2 rings (SSSR count). The van der Waals surface area contributed by atoms with Gasteiger partial charge in [0.25, 0.3) is 0 Å². The first kappa shape index (κ1) is 16.0. The Morgan fingerprint density at radius 3 is 2.48 bits per heavy atom. The van der Waals surface area contributed by atoms with Crippen molar-refractivity contribution in [3.63, 3.8) is 0 Å². The van der Waals surface area contributed by atoms with E-state index in [0.717, 1.165) is 5.69 Å². The van der Waals surface area contributed by atoms with Crippen LogP contribution in [0.2, 0.25) is 0 Å². The lowest BCUT2D eigenvalue weighted by atomic mass is 10.0. The average Bonchev–Trinajstić information content (AvgIpc) is 2.89. The highest BCUT2D eigenvalue weighted by Gasteiger charge is 2.18. The van der Waals surface area contributed by atoms with E-state index in [1.54, 1.807) is 30.4 Å². The predicted octanol–water partition coefficient (Wildman–Crippen LogP) is 3.51. The average molecular weight is 324 g/mol. The molecule has 3 N–H and O–H groups in total. The van der Waals surface area contributed by atoms with Crippen molar-refractivity contribution in [2.75, 3.05) is 5.32 Å². The van der Waals surface area contributed by atoms with Gasteiger partial charge in [-0.05, 0) is 42.0 Å². The van der Waals surface area contributed by atoms with Crippen molar-refractivity contribution in [2.45, 2.75) is 31.7 Å². The van der Waals surface area contributed by atoms with Crippen LogP contribution in [-0.4, -0.2) is 8.42 Å². The molecule has 1 unspecified atom stereocenters. The van der Waals surface area contributed by atoms with E-state index in [1.807, 2.05) is 17.5 Å². The summed E-state index contributed by atoms with van der Waals surface area (Å²) in [6, 6.07) is 9.49. The molecule has 1 aromatic carbocycles. The Kier molecular flexibility index (Phi) is 4.70. The van der Waals surface area contributed by atoms with Crippen molar-refractivity contribution >= 4 is 27.0 Å². The predicted molar refractivity (Wildman–Crippen MR) is 88.1 cm³/mol. The van der Waals surface area contributed by atoms with Crippen LogP contribution in [0.3, 0.4) is 0 Å². The normalized spacial score (nSPS) is 13.4. The van der Waals surface area contributed by atoms with Crippen LogP contribution in [0.5, 0.6) is 0 Å². The summed E-state index contributed by atoms with van der Waals surface area (Å²) in [4.78, 5) is 1.39. The monoisotopic (exact) mass is 324 g/mol. The number of thiophene rings is 1. The topological polar surface area (TPSA) is 72.2 Å². The molecule has 114 valence electrons. The Labute approximate surface area is 130 Å². The van der Waals surface area contributed by atoms with Crippen LogP contribution in [0.4, 0.5) is 5.69 Å². The van der Waals surface area contributed by atoms with Gasteiger partial charge in [0.15, 0.2) is 0 Å². The van der Waals surface area contributed by atoms with E-state index >= 15 is 0 Å². The molecule has 1 atom stereocenters. The Balaban J connectivity index is 2.34. The van der Waals surface area contributed by atoms with E-state index in [9.17, 15) is 8.42 Å². The van der Waals surface area contributed by atoms with Crippen LogP contribution in [-0.2, 0) is 10.0 Å². The third kappa shape index (κ3) is 3.84. The quantitative estimate of drug-likeness (QED) is 0.884. The number of nitrogens with one attached hydrogen (secondary N) is 1. The van der Waals surface area contributed by atoms with Crippen LogP contribution in [0.1, 0.15) is 30.3 Å². The largest absolute Gasteiger partial charge is 0.377 e. The van der Waals surface area contributed by atoms with Gasteiger partial charge in [0.1, 0.15) is 0 Å². The highest BCUT2D eigenvalue weighted by Crippen LogP contribution is 2.30. The maximum atomic E-state index is 11.6. The number of sulfonamides is 1. The van der Waals surface area contributed by atoms with Gasteiger partial charge in [-0.15, -0.1) is 11.3 Å². The zero-order valence-electron chi connectivity index (χ0n) is 12.3. The molecule has 0 spiro atoms. The van der Waals surface area contributed by atoms with Crippen LogP contribution >= 0.6 is 11.3 Å². The molecule has 0 bridgehead atoms. The zero-order valence-corrected chi connectivity index (χ0v) is 14.0. The Morgan fingerprint density at radius 1 is 1.24 bits per heavy atom. The van der Waals surface area contributed by atoms with Crippen LogP contribution in [0.15, 0.2) is 40.6 Å². The van der Waals surface area contributed by atoms with Crippen molar-refractivity contribution in [3.05, 3.63) is 46.2 Å². The van der Waals surface area contributed by atoms with E-state index in [1.165, 1.54) is 4.88 Å². The molecule has 0 amide bonds. The summed E-state index contributed by atoms with van der Waals surface area (Å²) in [6.07, 6.45) is 0. The van der Waals surface area contributed by atoms with Gasteiger partial charge in [-0.2, -0.15) is 0 Å². The second-order valence-electron chi connectivity index (χ2n) is 5.41. The SMILES string of the molecule is Cc1ccc(NC(c2cccs2)C(C)C)cc1S(N)(=O)=O. The van der Waals surface area contributed by atoms with Gasteiger partial charge < -0.3 is 5.32 Å². The third-order valence-corrected chi connectivity index (χ3v) is 5.34. The van der Waals surface area contributed by atoms with Crippen LogP contribution in [0, 0.1) is 12.8 Å². The minimum Gasteiger partial charge on any atom is -0.377 e. The van der Waals surface area contributed by atoms with Crippen molar-refractivity contribution in [1.29, 1.82) is 0 Å². The van der Waals surface area contributed by atoms with Gasteiger partial charge in [0, 0.05) is 10.6 Å². The number of anilines is 1. The van der Waals surface area contributed by atoms with Crippen molar-refractivity contribution in [1.82, 2.24) is 0 Å². The second kappa shape index (κ2) is 6.17. The molecular formula is C15H20N2O2S2. The fourth-order valence-electron chi connectivity index (χ4n) is 2.21. The molecule has 0 fully saturated rings. The van der Waals surface area contributed by atoms with Gasteiger partial charge in [-0.3, -0.25) is 0 Å². The summed E-state index contributed by atoms with van der Waals surface area (Å²) in [7, 11) is -3.70. The van der Waals surface area contributed by atoms with E-state index in [2.05, 4.69) is 25.2 Å².